The molecule has 0 amide bonds. The molecule has 86 valence electrons. The van der Waals surface area contributed by atoms with Crippen LogP contribution in [0.2, 0.25) is 5.02 Å². The summed E-state index contributed by atoms with van der Waals surface area (Å²) >= 11 is 8.41. The highest BCUT2D eigenvalue weighted by Crippen LogP contribution is 2.18. The van der Waals surface area contributed by atoms with Crippen molar-refractivity contribution in [3.05, 3.63) is 32.4 Å². The summed E-state index contributed by atoms with van der Waals surface area (Å²) in [6, 6.07) is 6.08. The molecular weight excluding hydrogens is 336 g/mol. The number of likely N-dealkylation sites (N-methyl/N-ethyl adjacent to an activating group) is 1. The Labute approximate surface area is 114 Å². The molecule has 0 aromatic heterocycles. The maximum atomic E-state index is 6.15. The van der Waals surface area contributed by atoms with Crippen molar-refractivity contribution in [1.82, 2.24) is 10.2 Å². The van der Waals surface area contributed by atoms with E-state index in [9.17, 15) is 0 Å². The van der Waals surface area contributed by atoms with E-state index in [1.54, 1.807) is 0 Å². The quantitative estimate of drug-likeness (QED) is 0.830. The van der Waals surface area contributed by atoms with Crippen molar-refractivity contribution in [2.24, 2.45) is 4.99 Å². The van der Waals surface area contributed by atoms with E-state index in [1.807, 2.05) is 19.2 Å². The molecule has 0 saturated carbocycles. The van der Waals surface area contributed by atoms with E-state index in [-0.39, 0.29) is 0 Å². The first kappa shape index (κ1) is 12.0. The van der Waals surface area contributed by atoms with E-state index in [2.05, 4.69) is 43.9 Å². The lowest BCUT2D eigenvalue weighted by molar-refractivity contribution is 0.534. The summed E-state index contributed by atoms with van der Waals surface area (Å²) in [6.07, 6.45) is 0. The second-order valence-corrected chi connectivity index (χ2v) is 5.37. The van der Waals surface area contributed by atoms with Gasteiger partial charge in [0.2, 0.25) is 0 Å². The molecule has 1 aromatic carbocycles. The minimum Gasteiger partial charge on any atom is -0.352 e. The van der Waals surface area contributed by atoms with E-state index < -0.39 is 0 Å². The highest BCUT2D eigenvalue weighted by molar-refractivity contribution is 14.1. The molecule has 0 fully saturated rings. The third kappa shape index (κ3) is 2.79. The summed E-state index contributed by atoms with van der Waals surface area (Å²) in [5, 5.41) is 4.10. The van der Waals surface area contributed by atoms with Gasteiger partial charge in [0.15, 0.2) is 5.96 Å². The summed E-state index contributed by atoms with van der Waals surface area (Å²) in [7, 11) is 2.04. The first-order valence-electron chi connectivity index (χ1n) is 5.10. The molecule has 0 saturated heterocycles. The fourth-order valence-corrected chi connectivity index (χ4v) is 2.49. The highest BCUT2D eigenvalue weighted by atomic mass is 127. The molecule has 1 heterocycles. The first-order valence-corrected chi connectivity index (χ1v) is 6.56. The van der Waals surface area contributed by atoms with Gasteiger partial charge in [0.05, 0.1) is 6.54 Å². The largest absolute Gasteiger partial charge is 0.352 e. The zero-order valence-corrected chi connectivity index (χ0v) is 11.9. The van der Waals surface area contributed by atoms with E-state index in [0.29, 0.717) is 0 Å². The standard InChI is InChI=1S/C11H13ClIN3/c1-16-5-4-14-11(16)15-7-8-2-3-9(13)6-10(8)12/h2-3,6H,4-5,7H2,1H3,(H,14,15). The minimum atomic E-state index is 0.721. The zero-order chi connectivity index (χ0) is 11.5. The molecule has 1 aromatic rings. The van der Waals surface area contributed by atoms with Crippen LogP contribution in [0.25, 0.3) is 0 Å². The van der Waals surface area contributed by atoms with Crippen LogP contribution in [-0.2, 0) is 6.54 Å². The van der Waals surface area contributed by atoms with Crippen molar-refractivity contribution in [3.8, 4) is 0 Å². The predicted octanol–water partition coefficient (Wildman–Crippen LogP) is 2.34. The Morgan fingerprint density at radius 3 is 3.00 bits per heavy atom. The van der Waals surface area contributed by atoms with Gasteiger partial charge in [0, 0.05) is 28.7 Å². The van der Waals surface area contributed by atoms with Gasteiger partial charge in [-0.2, -0.15) is 0 Å². The fraction of sp³-hybridized carbons (Fsp3) is 0.364. The Hall–Kier alpha value is -0.490. The predicted molar refractivity (Wildman–Crippen MR) is 75.9 cm³/mol. The normalized spacial score (nSPS) is 15.2. The van der Waals surface area contributed by atoms with Crippen molar-refractivity contribution >= 4 is 40.2 Å². The molecule has 3 nitrogen and oxygen atoms in total. The summed E-state index contributed by atoms with van der Waals surface area (Å²) in [4.78, 5) is 6.48. The maximum Gasteiger partial charge on any atom is 0.194 e. The summed E-state index contributed by atoms with van der Waals surface area (Å²) in [5.41, 5.74) is 1.10. The van der Waals surface area contributed by atoms with Crippen LogP contribution >= 0.6 is 34.2 Å². The molecular formula is C11H13ClIN3. The average molecular weight is 350 g/mol. The molecule has 0 bridgehead atoms. The molecule has 1 aliphatic rings. The van der Waals surface area contributed by atoms with Crippen LogP contribution in [0.4, 0.5) is 0 Å². The number of hydrogen-bond donors (Lipinski definition) is 1. The van der Waals surface area contributed by atoms with Gasteiger partial charge in [-0.3, -0.25) is 4.99 Å². The van der Waals surface area contributed by atoms with Crippen LogP contribution in [0.3, 0.4) is 0 Å². The molecule has 0 unspecified atom stereocenters. The highest BCUT2D eigenvalue weighted by Gasteiger charge is 2.11. The number of nitrogens with one attached hydrogen (secondary N) is 1. The Morgan fingerprint density at radius 2 is 2.38 bits per heavy atom. The smallest absolute Gasteiger partial charge is 0.194 e. The third-order valence-electron chi connectivity index (χ3n) is 2.51. The Morgan fingerprint density at radius 1 is 1.56 bits per heavy atom. The van der Waals surface area contributed by atoms with Crippen molar-refractivity contribution in [1.29, 1.82) is 0 Å². The second kappa shape index (κ2) is 5.23. The number of rotatable bonds is 2. The molecule has 0 radical (unpaired) electrons. The van der Waals surface area contributed by atoms with E-state index in [0.717, 1.165) is 39.8 Å². The zero-order valence-electron chi connectivity index (χ0n) is 9.00. The summed E-state index contributed by atoms with van der Waals surface area (Å²) in [5.74, 6) is 0.953. The number of benzene rings is 1. The molecule has 16 heavy (non-hydrogen) atoms. The topological polar surface area (TPSA) is 27.6 Å². The lowest BCUT2D eigenvalue weighted by atomic mass is 10.2. The van der Waals surface area contributed by atoms with Gasteiger partial charge >= 0.3 is 0 Å². The second-order valence-electron chi connectivity index (χ2n) is 3.72. The lowest BCUT2D eigenvalue weighted by Gasteiger charge is -2.15. The van der Waals surface area contributed by atoms with Crippen LogP contribution < -0.4 is 5.32 Å². The van der Waals surface area contributed by atoms with Gasteiger partial charge in [0.1, 0.15) is 0 Å². The van der Waals surface area contributed by atoms with Gasteiger partial charge in [-0.1, -0.05) is 17.7 Å². The van der Waals surface area contributed by atoms with E-state index in [4.69, 9.17) is 11.6 Å². The van der Waals surface area contributed by atoms with Crippen molar-refractivity contribution < 1.29 is 0 Å². The van der Waals surface area contributed by atoms with Crippen LogP contribution in [0, 0.1) is 3.57 Å². The molecule has 5 heteroatoms. The van der Waals surface area contributed by atoms with E-state index in [1.165, 1.54) is 0 Å². The number of nitrogens with zero attached hydrogens (tertiary/aromatic N) is 2. The average Bonchev–Trinajstić information content (AvgIpc) is 2.63. The molecule has 0 aliphatic carbocycles. The number of halogens is 2. The lowest BCUT2D eigenvalue weighted by Crippen LogP contribution is -2.35. The molecule has 2 rings (SSSR count). The molecule has 0 spiro atoms. The number of aliphatic imine (C=N–C) groups is 1. The van der Waals surface area contributed by atoms with Crippen LogP contribution in [0.15, 0.2) is 23.2 Å². The Kier molecular flexibility index (Phi) is 3.91. The first-order chi connectivity index (χ1) is 7.66. The Bertz CT molecular complexity index is 420. The third-order valence-corrected chi connectivity index (χ3v) is 3.53. The monoisotopic (exact) mass is 349 g/mol. The maximum absolute atomic E-state index is 6.15. The minimum absolute atomic E-state index is 0.721. The van der Waals surface area contributed by atoms with Gasteiger partial charge in [-0.15, -0.1) is 0 Å². The van der Waals surface area contributed by atoms with Crippen molar-refractivity contribution in [3.63, 3.8) is 0 Å². The SMILES string of the molecule is CN1CCN=C1NCc1ccc(I)cc1Cl. The van der Waals surface area contributed by atoms with Gasteiger partial charge in [-0.25, -0.2) is 0 Å². The number of hydrogen-bond acceptors (Lipinski definition) is 3. The summed E-state index contributed by atoms with van der Waals surface area (Å²) in [6.45, 7) is 2.58. The van der Waals surface area contributed by atoms with Crippen LogP contribution in [-0.4, -0.2) is 31.0 Å². The molecule has 1 aliphatic heterocycles. The molecule has 1 N–H and O–H groups in total. The fourth-order valence-electron chi connectivity index (χ4n) is 1.56. The van der Waals surface area contributed by atoms with E-state index >= 15 is 0 Å². The van der Waals surface area contributed by atoms with Gasteiger partial charge in [-0.05, 0) is 40.3 Å². The van der Waals surface area contributed by atoms with Crippen molar-refractivity contribution in [2.75, 3.05) is 20.1 Å². The van der Waals surface area contributed by atoms with Gasteiger partial charge in [0.25, 0.3) is 0 Å². The van der Waals surface area contributed by atoms with Crippen LogP contribution in [0.5, 0.6) is 0 Å². The summed E-state index contributed by atoms with van der Waals surface area (Å²) < 4.78 is 1.15. The van der Waals surface area contributed by atoms with Gasteiger partial charge < -0.3 is 10.2 Å². The Balaban J connectivity index is 1.99. The number of guanidine groups is 1. The van der Waals surface area contributed by atoms with Crippen molar-refractivity contribution in [2.45, 2.75) is 6.54 Å². The van der Waals surface area contributed by atoms with Crippen LogP contribution in [0.1, 0.15) is 5.56 Å². The molecule has 0 atom stereocenters.